The Hall–Kier alpha value is -2.41. The molecular weight excluding hydrogens is 320 g/mol. The van der Waals surface area contributed by atoms with Crippen molar-refractivity contribution in [3.05, 3.63) is 41.5 Å². The van der Waals surface area contributed by atoms with Crippen molar-refractivity contribution in [2.24, 2.45) is 0 Å². The Labute approximate surface area is 147 Å². The Kier molecular flexibility index (Phi) is 5.65. The van der Waals surface area contributed by atoms with Crippen LogP contribution in [0, 0.1) is 6.92 Å². The van der Waals surface area contributed by atoms with Crippen molar-refractivity contribution < 1.29 is 14.1 Å². The van der Waals surface area contributed by atoms with Crippen molar-refractivity contribution in [2.75, 3.05) is 26.7 Å². The van der Waals surface area contributed by atoms with E-state index in [0.29, 0.717) is 19.0 Å². The Bertz CT molecular complexity index is 716. The van der Waals surface area contributed by atoms with Gasteiger partial charge in [-0.2, -0.15) is 4.98 Å². The number of aryl methyl sites for hydroxylation is 1. The average molecular weight is 344 g/mol. The number of benzene rings is 1. The topological polar surface area (TPSA) is 80.5 Å². The third-order valence-corrected chi connectivity index (χ3v) is 4.40. The second-order valence-corrected chi connectivity index (χ2v) is 6.37. The number of piperidine rings is 1. The minimum atomic E-state index is 0.0211. The summed E-state index contributed by atoms with van der Waals surface area (Å²) in [4.78, 5) is 18.7. The molecule has 1 unspecified atom stereocenters. The van der Waals surface area contributed by atoms with Gasteiger partial charge in [-0.3, -0.25) is 9.69 Å². The van der Waals surface area contributed by atoms with E-state index < -0.39 is 0 Å². The lowest BCUT2D eigenvalue weighted by Crippen LogP contribution is -2.42. The van der Waals surface area contributed by atoms with Crippen molar-refractivity contribution in [1.29, 1.82) is 0 Å². The van der Waals surface area contributed by atoms with Gasteiger partial charge in [-0.05, 0) is 37.1 Å². The maximum Gasteiger partial charge on any atom is 0.234 e. The molecular formula is C18H24N4O3. The van der Waals surface area contributed by atoms with E-state index >= 15 is 0 Å². The monoisotopic (exact) mass is 344 g/mol. The van der Waals surface area contributed by atoms with Crippen LogP contribution in [-0.2, 0) is 11.3 Å². The maximum atomic E-state index is 12.3. The fraction of sp³-hybridized carbons (Fsp3) is 0.500. The molecule has 2 heterocycles. The zero-order valence-electron chi connectivity index (χ0n) is 14.7. The molecule has 3 rings (SSSR count). The van der Waals surface area contributed by atoms with E-state index in [0.717, 1.165) is 43.1 Å². The average Bonchev–Trinajstić information content (AvgIpc) is 3.07. The van der Waals surface area contributed by atoms with Crippen molar-refractivity contribution >= 4 is 5.91 Å². The largest absolute Gasteiger partial charge is 0.497 e. The van der Waals surface area contributed by atoms with Gasteiger partial charge in [-0.25, -0.2) is 0 Å². The highest BCUT2D eigenvalue weighted by atomic mass is 16.5. The normalized spacial score (nSPS) is 18.1. The smallest absolute Gasteiger partial charge is 0.234 e. The number of amides is 1. The minimum absolute atomic E-state index is 0.0211. The molecule has 25 heavy (non-hydrogen) atoms. The zero-order valence-corrected chi connectivity index (χ0v) is 14.7. The molecule has 2 aromatic rings. The number of likely N-dealkylation sites (tertiary alicyclic amines) is 1. The van der Waals surface area contributed by atoms with Gasteiger partial charge in [0.25, 0.3) is 0 Å². The number of rotatable bonds is 6. The van der Waals surface area contributed by atoms with Crippen molar-refractivity contribution in [3.8, 4) is 5.75 Å². The molecule has 0 saturated carbocycles. The second kappa shape index (κ2) is 8.11. The SMILES string of the molecule is COc1cccc(CNC(=O)CN2CCCC(c3noc(C)n3)C2)c1. The summed E-state index contributed by atoms with van der Waals surface area (Å²) in [5.41, 5.74) is 1.02. The molecule has 1 aromatic carbocycles. The zero-order chi connectivity index (χ0) is 17.6. The molecule has 1 aliphatic heterocycles. The summed E-state index contributed by atoms with van der Waals surface area (Å²) in [6.07, 6.45) is 2.06. The Morgan fingerprint density at radius 2 is 2.36 bits per heavy atom. The van der Waals surface area contributed by atoms with Gasteiger partial charge in [0.05, 0.1) is 13.7 Å². The van der Waals surface area contributed by atoms with Crippen LogP contribution in [0.5, 0.6) is 5.75 Å². The van der Waals surface area contributed by atoms with Gasteiger partial charge in [0.15, 0.2) is 5.82 Å². The van der Waals surface area contributed by atoms with Crippen molar-refractivity contribution in [2.45, 2.75) is 32.2 Å². The number of nitrogens with one attached hydrogen (secondary N) is 1. The Morgan fingerprint density at radius 1 is 1.48 bits per heavy atom. The highest BCUT2D eigenvalue weighted by Gasteiger charge is 2.26. The molecule has 1 amide bonds. The number of hydrogen-bond acceptors (Lipinski definition) is 6. The van der Waals surface area contributed by atoms with E-state index in [-0.39, 0.29) is 11.8 Å². The van der Waals surface area contributed by atoms with Gasteiger partial charge in [0.1, 0.15) is 5.75 Å². The summed E-state index contributed by atoms with van der Waals surface area (Å²) in [6.45, 7) is 4.38. The van der Waals surface area contributed by atoms with Crippen molar-refractivity contribution in [1.82, 2.24) is 20.4 Å². The van der Waals surface area contributed by atoms with Crippen LogP contribution in [0.3, 0.4) is 0 Å². The second-order valence-electron chi connectivity index (χ2n) is 6.37. The van der Waals surface area contributed by atoms with E-state index in [4.69, 9.17) is 9.26 Å². The Balaban J connectivity index is 1.48. The number of nitrogens with zero attached hydrogens (tertiary/aromatic N) is 3. The number of carbonyl (C=O) groups is 1. The van der Waals surface area contributed by atoms with Crippen LogP contribution in [-0.4, -0.2) is 47.7 Å². The molecule has 7 nitrogen and oxygen atoms in total. The van der Waals surface area contributed by atoms with Gasteiger partial charge < -0.3 is 14.6 Å². The lowest BCUT2D eigenvalue weighted by molar-refractivity contribution is -0.122. The van der Waals surface area contributed by atoms with E-state index in [2.05, 4.69) is 20.4 Å². The summed E-state index contributed by atoms with van der Waals surface area (Å²) in [5, 5.41) is 6.99. The number of methoxy groups -OCH3 is 1. The predicted octanol–water partition coefficient (Wildman–Crippen LogP) is 1.88. The van der Waals surface area contributed by atoms with E-state index in [1.54, 1.807) is 14.0 Å². The first-order valence-electron chi connectivity index (χ1n) is 8.56. The van der Waals surface area contributed by atoms with Gasteiger partial charge in [0, 0.05) is 25.9 Å². The van der Waals surface area contributed by atoms with Crippen LogP contribution >= 0.6 is 0 Å². The quantitative estimate of drug-likeness (QED) is 0.862. The third kappa shape index (κ3) is 4.79. The molecule has 1 fully saturated rings. The molecule has 7 heteroatoms. The number of ether oxygens (including phenoxy) is 1. The van der Waals surface area contributed by atoms with Crippen molar-refractivity contribution in [3.63, 3.8) is 0 Å². The number of hydrogen-bond donors (Lipinski definition) is 1. The van der Waals surface area contributed by atoms with Crippen LogP contribution in [0.4, 0.5) is 0 Å². The number of aromatic nitrogens is 2. The molecule has 1 aliphatic rings. The summed E-state index contributed by atoms with van der Waals surface area (Å²) in [7, 11) is 1.63. The van der Waals surface area contributed by atoms with E-state index in [1.165, 1.54) is 0 Å². The van der Waals surface area contributed by atoms with Gasteiger partial charge >= 0.3 is 0 Å². The molecule has 1 saturated heterocycles. The first kappa shape index (κ1) is 17.4. The predicted molar refractivity (Wildman–Crippen MR) is 92.3 cm³/mol. The molecule has 1 N–H and O–H groups in total. The van der Waals surface area contributed by atoms with E-state index in [1.807, 2.05) is 24.3 Å². The van der Waals surface area contributed by atoms with Crippen LogP contribution in [0.2, 0.25) is 0 Å². The minimum Gasteiger partial charge on any atom is -0.497 e. The van der Waals surface area contributed by atoms with Gasteiger partial charge in [0.2, 0.25) is 11.8 Å². The lowest BCUT2D eigenvalue weighted by Gasteiger charge is -2.30. The third-order valence-electron chi connectivity index (χ3n) is 4.40. The number of carbonyl (C=O) groups excluding carboxylic acids is 1. The first-order chi connectivity index (χ1) is 12.1. The lowest BCUT2D eigenvalue weighted by atomic mass is 9.97. The fourth-order valence-electron chi connectivity index (χ4n) is 3.13. The molecule has 0 bridgehead atoms. The van der Waals surface area contributed by atoms with Gasteiger partial charge in [-0.1, -0.05) is 17.3 Å². The molecule has 0 radical (unpaired) electrons. The molecule has 0 spiro atoms. The van der Waals surface area contributed by atoms with Crippen LogP contribution < -0.4 is 10.1 Å². The maximum absolute atomic E-state index is 12.3. The van der Waals surface area contributed by atoms with Crippen LogP contribution in [0.1, 0.15) is 36.0 Å². The summed E-state index contributed by atoms with van der Waals surface area (Å²) < 4.78 is 10.3. The van der Waals surface area contributed by atoms with Crippen LogP contribution in [0.15, 0.2) is 28.8 Å². The van der Waals surface area contributed by atoms with Crippen LogP contribution in [0.25, 0.3) is 0 Å². The summed E-state index contributed by atoms with van der Waals surface area (Å²) >= 11 is 0. The summed E-state index contributed by atoms with van der Waals surface area (Å²) in [5.74, 6) is 2.38. The molecule has 1 aromatic heterocycles. The highest BCUT2D eigenvalue weighted by molar-refractivity contribution is 5.78. The van der Waals surface area contributed by atoms with E-state index in [9.17, 15) is 4.79 Å². The first-order valence-corrected chi connectivity index (χ1v) is 8.56. The fourth-order valence-corrected chi connectivity index (χ4v) is 3.13. The molecule has 1 atom stereocenters. The molecule has 134 valence electrons. The van der Waals surface area contributed by atoms with Gasteiger partial charge in [-0.15, -0.1) is 0 Å². The summed E-state index contributed by atoms with van der Waals surface area (Å²) in [6, 6.07) is 7.70. The Morgan fingerprint density at radius 3 is 3.12 bits per heavy atom. The highest BCUT2D eigenvalue weighted by Crippen LogP contribution is 2.24. The molecule has 0 aliphatic carbocycles. The standard InChI is InChI=1S/C18H24N4O3/c1-13-20-18(21-25-13)15-6-4-8-22(11-15)12-17(23)19-10-14-5-3-7-16(9-14)24-2/h3,5,7,9,15H,4,6,8,10-12H2,1-2H3,(H,19,23).